The van der Waals surface area contributed by atoms with Gasteiger partial charge in [0.25, 0.3) is 0 Å². The van der Waals surface area contributed by atoms with Crippen molar-refractivity contribution in [3.05, 3.63) is 36.2 Å². The van der Waals surface area contributed by atoms with Crippen molar-refractivity contribution in [2.45, 2.75) is 83.1 Å². The fourth-order valence-electron chi connectivity index (χ4n) is 6.04. The van der Waals surface area contributed by atoms with E-state index in [-0.39, 0.29) is 35.1 Å². The Labute approximate surface area is 201 Å². The third kappa shape index (κ3) is 4.75. The third-order valence-electron chi connectivity index (χ3n) is 8.19. The van der Waals surface area contributed by atoms with Gasteiger partial charge in [0.1, 0.15) is 0 Å². The number of nitrogens with one attached hydrogen (secondary N) is 1. The summed E-state index contributed by atoms with van der Waals surface area (Å²) in [5.74, 6) is 1.11. The molecule has 3 aliphatic rings. The van der Waals surface area contributed by atoms with Crippen LogP contribution in [0.4, 0.5) is 0 Å². The van der Waals surface area contributed by atoms with Gasteiger partial charge in [0, 0.05) is 36.0 Å². The van der Waals surface area contributed by atoms with Crippen LogP contribution in [0.2, 0.25) is 0 Å². The molecule has 2 aliphatic carbocycles. The second-order valence-corrected chi connectivity index (χ2v) is 10.7. The highest BCUT2D eigenvalue weighted by atomic mass is 16.5. The van der Waals surface area contributed by atoms with Gasteiger partial charge < -0.3 is 14.7 Å². The van der Waals surface area contributed by atoms with Crippen LogP contribution in [0.15, 0.2) is 34.9 Å². The molecule has 0 radical (unpaired) electrons. The number of amides is 2. The number of likely N-dealkylation sites (tertiary alicyclic amines) is 1. The molecule has 2 heterocycles. The Morgan fingerprint density at radius 3 is 2.44 bits per heavy atom. The summed E-state index contributed by atoms with van der Waals surface area (Å²) in [6, 6.07) is 9.58. The summed E-state index contributed by atoms with van der Waals surface area (Å²) in [4.78, 5) is 33.4. The van der Waals surface area contributed by atoms with E-state index in [1.54, 1.807) is 0 Å². The lowest BCUT2D eigenvalue weighted by molar-refractivity contribution is -0.137. The van der Waals surface area contributed by atoms with Crippen molar-refractivity contribution < 1.29 is 14.1 Å². The van der Waals surface area contributed by atoms with Crippen LogP contribution in [0, 0.1) is 11.3 Å². The summed E-state index contributed by atoms with van der Waals surface area (Å²) < 4.78 is 5.72. The van der Waals surface area contributed by atoms with Gasteiger partial charge >= 0.3 is 0 Å². The molecule has 5 rings (SSSR count). The Morgan fingerprint density at radius 1 is 1.00 bits per heavy atom. The molecule has 1 aromatic heterocycles. The lowest BCUT2D eigenvalue weighted by atomic mass is 9.75. The second-order valence-electron chi connectivity index (χ2n) is 10.7. The van der Waals surface area contributed by atoms with E-state index in [9.17, 15) is 9.59 Å². The molecule has 3 atom stereocenters. The van der Waals surface area contributed by atoms with E-state index in [0.29, 0.717) is 24.6 Å². The molecule has 1 N–H and O–H groups in total. The minimum Gasteiger partial charge on any atom is -0.352 e. The number of carbonyl (C=O) groups is 2. The maximum absolute atomic E-state index is 13.4. The quantitative estimate of drug-likeness (QED) is 0.693. The second kappa shape index (κ2) is 9.88. The van der Waals surface area contributed by atoms with E-state index < -0.39 is 0 Å². The topological polar surface area (TPSA) is 88.3 Å². The number of carbonyl (C=O) groups excluding carboxylic acids is 2. The average Bonchev–Trinajstić information content (AvgIpc) is 3.53. The first-order valence-electron chi connectivity index (χ1n) is 13.0. The zero-order valence-electron chi connectivity index (χ0n) is 20.2. The number of aromatic nitrogens is 2. The first-order chi connectivity index (χ1) is 16.5. The molecule has 3 fully saturated rings. The highest BCUT2D eigenvalue weighted by Gasteiger charge is 2.45. The lowest BCUT2D eigenvalue weighted by Crippen LogP contribution is -2.46. The van der Waals surface area contributed by atoms with Crippen LogP contribution in [0.1, 0.15) is 82.9 Å². The van der Waals surface area contributed by atoms with E-state index in [1.165, 1.54) is 12.8 Å². The van der Waals surface area contributed by atoms with Crippen molar-refractivity contribution in [3.8, 4) is 11.4 Å². The van der Waals surface area contributed by atoms with E-state index >= 15 is 0 Å². The largest absolute Gasteiger partial charge is 0.352 e. The van der Waals surface area contributed by atoms with Crippen molar-refractivity contribution in [2.24, 2.45) is 11.3 Å². The summed E-state index contributed by atoms with van der Waals surface area (Å²) >= 11 is 0. The van der Waals surface area contributed by atoms with Crippen molar-refractivity contribution in [3.63, 3.8) is 0 Å². The summed E-state index contributed by atoms with van der Waals surface area (Å²) in [5.41, 5.74) is 0.564. The number of piperidine rings is 1. The highest BCUT2D eigenvalue weighted by molar-refractivity contribution is 5.83. The zero-order chi connectivity index (χ0) is 23.5. The van der Waals surface area contributed by atoms with Gasteiger partial charge in [-0.2, -0.15) is 4.98 Å². The van der Waals surface area contributed by atoms with Crippen molar-refractivity contribution in [1.82, 2.24) is 20.4 Å². The van der Waals surface area contributed by atoms with E-state index in [0.717, 1.165) is 57.2 Å². The van der Waals surface area contributed by atoms with Gasteiger partial charge in [0.15, 0.2) is 0 Å². The fraction of sp³-hybridized carbons (Fsp3) is 0.630. The van der Waals surface area contributed by atoms with Gasteiger partial charge in [-0.25, -0.2) is 0 Å². The van der Waals surface area contributed by atoms with Gasteiger partial charge in [-0.15, -0.1) is 0 Å². The molecule has 1 saturated heterocycles. The summed E-state index contributed by atoms with van der Waals surface area (Å²) in [6.07, 6.45) is 9.84. The smallest absolute Gasteiger partial charge is 0.232 e. The first-order valence-corrected chi connectivity index (χ1v) is 13.0. The molecule has 7 heteroatoms. The Balaban J connectivity index is 1.36. The van der Waals surface area contributed by atoms with Crippen LogP contribution in [0.3, 0.4) is 0 Å². The SMILES string of the molecule is CC1(C(=O)N[C@@H]2C[C@@H](C(=O)N3CCCCC3)C[C@@H]2c2nc(-c3ccccc3)no2)CCCCC1. The van der Waals surface area contributed by atoms with Crippen LogP contribution < -0.4 is 5.32 Å². The number of hydrogen-bond acceptors (Lipinski definition) is 5. The Kier molecular flexibility index (Phi) is 6.70. The molecule has 0 bridgehead atoms. The molecule has 0 spiro atoms. The predicted molar refractivity (Wildman–Crippen MR) is 129 cm³/mol. The fourth-order valence-corrected chi connectivity index (χ4v) is 6.04. The minimum atomic E-state index is -0.332. The molecule has 2 aromatic rings. The van der Waals surface area contributed by atoms with Gasteiger partial charge in [-0.1, -0.05) is 61.7 Å². The maximum Gasteiger partial charge on any atom is 0.232 e. The van der Waals surface area contributed by atoms with Gasteiger partial charge in [0.2, 0.25) is 23.5 Å². The standard InChI is InChI=1S/C27H36N4O3/c1-27(13-7-3-8-14-27)26(33)28-22-18-20(25(32)31-15-9-4-10-16-31)17-21(22)24-29-23(30-34-24)19-11-5-2-6-12-19/h2,5-6,11-12,20-22H,3-4,7-10,13-18H2,1H3,(H,28,33)/t20-,21-,22+/m0/s1. The number of nitrogens with zero attached hydrogens (tertiary/aromatic N) is 3. The molecule has 2 saturated carbocycles. The number of benzene rings is 1. The monoisotopic (exact) mass is 464 g/mol. The first kappa shape index (κ1) is 23.1. The van der Waals surface area contributed by atoms with Crippen LogP contribution >= 0.6 is 0 Å². The lowest BCUT2D eigenvalue weighted by Gasteiger charge is -2.34. The maximum atomic E-state index is 13.4. The van der Waals surface area contributed by atoms with Crippen LogP contribution in [-0.2, 0) is 9.59 Å². The number of rotatable bonds is 5. The van der Waals surface area contributed by atoms with Crippen molar-refractivity contribution in [1.29, 1.82) is 0 Å². The molecule has 182 valence electrons. The van der Waals surface area contributed by atoms with E-state index in [2.05, 4.69) is 17.4 Å². The third-order valence-corrected chi connectivity index (χ3v) is 8.19. The van der Waals surface area contributed by atoms with Gasteiger partial charge in [-0.05, 0) is 44.9 Å². The van der Waals surface area contributed by atoms with Gasteiger partial charge in [0.05, 0.1) is 5.92 Å². The highest BCUT2D eigenvalue weighted by Crippen LogP contribution is 2.42. The van der Waals surface area contributed by atoms with E-state index in [4.69, 9.17) is 9.51 Å². The van der Waals surface area contributed by atoms with Crippen LogP contribution in [0.5, 0.6) is 0 Å². The minimum absolute atomic E-state index is 0.107. The zero-order valence-corrected chi connectivity index (χ0v) is 20.2. The van der Waals surface area contributed by atoms with E-state index in [1.807, 2.05) is 35.2 Å². The average molecular weight is 465 g/mol. The predicted octanol–water partition coefficient (Wildman–Crippen LogP) is 4.70. The Morgan fingerprint density at radius 2 is 1.71 bits per heavy atom. The molecule has 1 aliphatic heterocycles. The number of hydrogen-bond donors (Lipinski definition) is 1. The summed E-state index contributed by atoms with van der Waals surface area (Å²) in [7, 11) is 0. The molecule has 7 nitrogen and oxygen atoms in total. The molecule has 34 heavy (non-hydrogen) atoms. The Hall–Kier alpha value is -2.70. The van der Waals surface area contributed by atoms with Crippen molar-refractivity contribution in [2.75, 3.05) is 13.1 Å². The van der Waals surface area contributed by atoms with Crippen LogP contribution in [0.25, 0.3) is 11.4 Å². The summed E-state index contributed by atoms with van der Waals surface area (Å²) in [6.45, 7) is 3.77. The molecular weight excluding hydrogens is 428 g/mol. The molecular formula is C27H36N4O3. The van der Waals surface area contributed by atoms with Crippen LogP contribution in [-0.4, -0.2) is 46.0 Å². The molecule has 2 amide bonds. The normalized spacial score (nSPS) is 26.9. The Bertz CT molecular complexity index is 992. The van der Waals surface area contributed by atoms with Gasteiger partial charge in [-0.3, -0.25) is 9.59 Å². The molecule has 0 unspecified atom stereocenters. The van der Waals surface area contributed by atoms with Crippen molar-refractivity contribution >= 4 is 11.8 Å². The summed E-state index contributed by atoms with van der Waals surface area (Å²) in [5, 5.41) is 7.55. The molecule has 1 aromatic carbocycles.